The second-order valence-electron chi connectivity index (χ2n) is 5.66. The van der Waals surface area contributed by atoms with E-state index in [2.05, 4.69) is 18.9 Å². The summed E-state index contributed by atoms with van der Waals surface area (Å²) in [6, 6.07) is 6.82. The molecule has 1 aromatic heterocycles. The van der Waals surface area contributed by atoms with Gasteiger partial charge >= 0.3 is 6.18 Å². The number of alkyl halides is 3. The molecule has 2 aromatic rings. The fraction of sp³-hybridized carbons (Fsp3) is 0.400. The maximum atomic E-state index is 12.9. The molecule has 0 saturated carbocycles. The van der Waals surface area contributed by atoms with E-state index in [1.54, 1.807) is 0 Å². The van der Waals surface area contributed by atoms with Gasteiger partial charge in [0, 0.05) is 7.05 Å². The molecule has 112 valence electrons. The Bertz CT molecular complexity index is 686. The van der Waals surface area contributed by atoms with E-state index >= 15 is 0 Å². The zero-order valence-electron chi connectivity index (χ0n) is 12.1. The van der Waals surface area contributed by atoms with Crippen molar-refractivity contribution in [2.75, 3.05) is 11.9 Å². The van der Waals surface area contributed by atoms with Crippen LogP contribution in [0.5, 0.6) is 0 Å². The van der Waals surface area contributed by atoms with E-state index in [-0.39, 0.29) is 0 Å². The molecule has 3 rings (SSSR count). The molecule has 0 atom stereocenters. The summed E-state index contributed by atoms with van der Waals surface area (Å²) in [5.74, 6) is 0.293. The van der Waals surface area contributed by atoms with Crippen molar-refractivity contribution in [3.8, 4) is 5.69 Å². The van der Waals surface area contributed by atoms with Gasteiger partial charge in [0.05, 0.1) is 23.6 Å². The van der Waals surface area contributed by atoms with Gasteiger partial charge in [-0.25, -0.2) is 4.68 Å². The lowest BCUT2D eigenvalue weighted by Gasteiger charge is -2.31. The van der Waals surface area contributed by atoms with Crippen LogP contribution in [0, 0.1) is 0 Å². The predicted octanol–water partition coefficient (Wildman–Crippen LogP) is 3.96. The quantitative estimate of drug-likeness (QED) is 0.794. The number of aromatic nitrogens is 2. The molecular formula is C15H16F3N3. The summed E-state index contributed by atoms with van der Waals surface area (Å²) >= 11 is 0. The Morgan fingerprint density at radius 1 is 1.24 bits per heavy atom. The first-order valence-electron chi connectivity index (χ1n) is 6.79. The zero-order valence-corrected chi connectivity index (χ0v) is 12.1. The lowest BCUT2D eigenvalue weighted by Crippen LogP contribution is -2.27. The summed E-state index contributed by atoms with van der Waals surface area (Å²) in [5, 5.41) is 3.76. The van der Waals surface area contributed by atoms with E-state index in [1.807, 2.05) is 30.1 Å². The van der Waals surface area contributed by atoms with Gasteiger partial charge in [-0.15, -0.1) is 0 Å². The molecule has 0 radical (unpaired) electrons. The molecular weight excluding hydrogens is 279 g/mol. The fourth-order valence-electron chi connectivity index (χ4n) is 2.80. The van der Waals surface area contributed by atoms with E-state index in [1.165, 1.54) is 4.68 Å². The SMILES string of the molecule is CC(C)c1cccc2c1N(C)Cc1cc(C(F)(F)F)nn1-2. The van der Waals surface area contributed by atoms with E-state index < -0.39 is 11.9 Å². The van der Waals surface area contributed by atoms with E-state index in [0.29, 0.717) is 23.8 Å². The first-order chi connectivity index (χ1) is 9.79. The van der Waals surface area contributed by atoms with Crippen LogP contribution in [0.25, 0.3) is 5.69 Å². The normalized spacial score (nSPS) is 14.3. The lowest BCUT2D eigenvalue weighted by molar-refractivity contribution is -0.141. The van der Waals surface area contributed by atoms with E-state index in [4.69, 9.17) is 0 Å². The van der Waals surface area contributed by atoms with Gasteiger partial charge in [-0.3, -0.25) is 0 Å². The van der Waals surface area contributed by atoms with Crippen molar-refractivity contribution >= 4 is 5.69 Å². The minimum Gasteiger partial charge on any atom is -0.367 e. The standard InChI is InChI=1S/C15H16F3N3/c1-9(2)11-5-4-6-12-14(11)20(3)8-10-7-13(15(16,17)18)19-21(10)12/h4-7,9H,8H2,1-3H3. The van der Waals surface area contributed by atoms with Gasteiger partial charge in [0.2, 0.25) is 0 Å². The van der Waals surface area contributed by atoms with Crippen molar-refractivity contribution in [1.82, 2.24) is 9.78 Å². The van der Waals surface area contributed by atoms with Crippen LogP contribution in [-0.2, 0) is 12.7 Å². The Balaban J connectivity index is 2.22. The summed E-state index contributed by atoms with van der Waals surface area (Å²) < 4.78 is 40.0. The van der Waals surface area contributed by atoms with Gasteiger partial charge in [-0.1, -0.05) is 26.0 Å². The summed E-state index contributed by atoms with van der Waals surface area (Å²) in [7, 11) is 1.90. The smallest absolute Gasteiger partial charge is 0.367 e. The molecule has 6 heteroatoms. The van der Waals surface area contributed by atoms with Gasteiger partial charge in [-0.2, -0.15) is 18.3 Å². The third kappa shape index (κ3) is 2.18. The molecule has 21 heavy (non-hydrogen) atoms. The molecule has 2 heterocycles. The highest BCUT2D eigenvalue weighted by Gasteiger charge is 2.36. The Morgan fingerprint density at radius 3 is 2.57 bits per heavy atom. The lowest BCUT2D eigenvalue weighted by atomic mass is 9.98. The summed E-state index contributed by atoms with van der Waals surface area (Å²) in [6.07, 6.45) is -4.42. The van der Waals surface area contributed by atoms with Crippen LogP contribution < -0.4 is 4.90 Å². The van der Waals surface area contributed by atoms with Crippen LogP contribution in [-0.4, -0.2) is 16.8 Å². The van der Waals surface area contributed by atoms with Gasteiger partial charge < -0.3 is 4.90 Å². The van der Waals surface area contributed by atoms with Crippen LogP contribution in [0.2, 0.25) is 0 Å². The van der Waals surface area contributed by atoms with Crippen LogP contribution in [0.1, 0.15) is 36.7 Å². The highest BCUT2D eigenvalue weighted by atomic mass is 19.4. The molecule has 0 spiro atoms. The van der Waals surface area contributed by atoms with Crippen molar-refractivity contribution in [3.63, 3.8) is 0 Å². The second kappa shape index (κ2) is 4.51. The molecule has 1 aliphatic heterocycles. The average Bonchev–Trinajstić information content (AvgIpc) is 2.82. The molecule has 0 bridgehead atoms. The third-order valence-corrected chi connectivity index (χ3v) is 3.75. The number of benzene rings is 1. The van der Waals surface area contributed by atoms with Crippen molar-refractivity contribution < 1.29 is 13.2 Å². The summed E-state index contributed by atoms with van der Waals surface area (Å²) in [6.45, 7) is 4.56. The van der Waals surface area contributed by atoms with Crippen molar-refractivity contribution in [3.05, 3.63) is 41.2 Å². The first kappa shape index (κ1) is 14.0. The largest absolute Gasteiger partial charge is 0.435 e. The molecule has 0 N–H and O–H groups in total. The van der Waals surface area contributed by atoms with E-state index in [9.17, 15) is 13.2 Å². The molecule has 1 aliphatic rings. The average molecular weight is 295 g/mol. The molecule has 3 nitrogen and oxygen atoms in total. The Hall–Kier alpha value is -1.98. The van der Waals surface area contributed by atoms with Crippen molar-refractivity contribution in [1.29, 1.82) is 0 Å². The molecule has 0 fully saturated rings. The highest BCUT2D eigenvalue weighted by Crippen LogP contribution is 2.39. The van der Waals surface area contributed by atoms with Gasteiger partial charge in [0.1, 0.15) is 0 Å². The maximum Gasteiger partial charge on any atom is 0.435 e. The van der Waals surface area contributed by atoms with Crippen LogP contribution in [0.3, 0.4) is 0 Å². The Morgan fingerprint density at radius 2 is 1.95 bits per heavy atom. The van der Waals surface area contributed by atoms with Crippen molar-refractivity contribution in [2.24, 2.45) is 0 Å². The van der Waals surface area contributed by atoms with Crippen LogP contribution in [0.4, 0.5) is 18.9 Å². The number of nitrogens with zero attached hydrogens (tertiary/aromatic N) is 3. The number of hydrogen-bond donors (Lipinski definition) is 0. The van der Waals surface area contributed by atoms with Gasteiger partial charge in [-0.05, 0) is 23.6 Å². The van der Waals surface area contributed by atoms with Gasteiger partial charge in [0.25, 0.3) is 0 Å². The summed E-state index contributed by atoms with van der Waals surface area (Å²) in [4.78, 5) is 1.99. The number of halogens is 3. The van der Waals surface area contributed by atoms with Crippen LogP contribution >= 0.6 is 0 Å². The molecule has 0 aliphatic carbocycles. The molecule has 0 saturated heterocycles. The minimum absolute atomic E-state index is 0.293. The monoisotopic (exact) mass is 295 g/mol. The number of hydrogen-bond acceptors (Lipinski definition) is 2. The zero-order chi connectivity index (χ0) is 15.4. The number of para-hydroxylation sites is 1. The predicted molar refractivity (Wildman–Crippen MR) is 74.8 cm³/mol. The van der Waals surface area contributed by atoms with Crippen molar-refractivity contribution in [2.45, 2.75) is 32.5 Å². The van der Waals surface area contributed by atoms with Gasteiger partial charge in [0.15, 0.2) is 5.69 Å². The van der Waals surface area contributed by atoms with Crippen LogP contribution in [0.15, 0.2) is 24.3 Å². The number of rotatable bonds is 1. The molecule has 0 amide bonds. The summed E-state index contributed by atoms with van der Waals surface area (Å²) in [5.41, 5.74) is 2.49. The molecule has 1 aromatic carbocycles. The Kier molecular flexibility index (Phi) is 3.00. The van der Waals surface area contributed by atoms with E-state index in [0.717, 1.165) is 17.3 Å². The number of anilines is 1. The maximum absolute atomic E-state index is 12.9. The first-order valence-corrected chi connectivity index (χ1v) is 6.79. The third-order valence-electron chi connectivity index (χ3n) is 3.75. The molecule has 0 unspecified atom stereocenters. The topological polar surface area (TPSA) is 21.1 Å². The fourth-order valence-corrected chi connectivity index (χ4v) is 2.80. The Labute approximate surface area is 121 Å². The second-order valence-corrected chi connectivity index (χ2v) is 5.66. The highest BCUT2D eigenvalue weighted by molar-refractivity contribution is 5.70. The number of fused-ring (bicyclic) bond motifs is 3. The minimum atomic E-state index is -4.42.